The first-order valence-corrected chi connectivity index (χ1v) is 7.77. The number of rotatable bonds is 2. The average Bonchev–Trinajstić information content (AvgIpc) is 3.04. The van der Waals surface area contributed by atoms with Crippen LogP contribution >= 0.6 is 0 Å². The fraction of sp³-hybridized carbons (Fsp3) is 0.294. The lowest BCUT2D eigenvalue weighted by molar-refractivity contribution is 0.660. The third-order valence-electron chi connectivity index (χ3n) is 4.26. The third kappa shape index (κ3) is 2.46. The van der Waals surface area contributed by atoms with E-state index in [1.165, 1.54) is 0 Å². The van der Waals surface area contributed by atoms with Crippen molar-refractivity contribution in [2.75, 3.05) is 11.4 Å². The molecule has 23 heavy (non-hydrogen) atoms. The molecule has 0 spiro atoms. The molecule has 1 fully saturated rings. The molecule has 1 saturated heterocycles. The highest BCUT2D eigenvalue weighted by atomic mass is 16.1. The number of hydrogen-bond donors (Lipinski definition) is 1. The van der Waals surface area contributed by atoms with Crippen molar-refractivity contribution in [3.8, 4) is 0 Å². The van der Waals surface area contributed by atoms with Crippen molar-refractivity contribution >= 4 is 16.7 Å². The van der Waals surface area contributed by atoms with Crippen molar-refractivity contribution in [2.45, 2.75) is 25.8 Å². The molecule has 3 heterocycles. The van der Waals surface area contributed by atoms with E-state index in [-0.39, 0.29) is 11.6 Å². The highest BCUT2D eigenvalue weighted by Gasteiger charge is 2.29. The maximum Gasteiger partial charge on any atom is 0.258 e. The van der Waals surface area contributed by atoms with E-state index in [0.717, 1.165) is 36.5 Å². The normalized spacial score (nSPS) is 17.8. The molecule has 116 valence electrons. The quantitative estimate of drug-likeness (QED) is 0.786. The van der Waals surface area contributed by atoms with Gasteiger partial charge in [-0.15, -0.1) is 0 Å². The molecule has 0 aliphatic carbocycles. The number of benzene rings is 1. The van der Waals surface area contributed by atoms with E-state index in [1.807, 2.05) is 31.2 Å². The van der Waals surface area contributed by atoms with Gasteiger partial charge in [-0.1, -0.05) is 12.1 Å². The lowest BCUT2D eigenvalue weighted by Gasteiger charge is -2.25. The number of aryl methyl sites for hydroxylation is 1. The van der Waals surface area contributed by atoms with Crippen LogP contribution in [0.2, 0.25) is 0 Å². The molecule has 0 amide bonds. The Labute approximate surface area is 133 Å². The zero-order chi connectivity index (χ0) is 15.8. The van der Waals surface area contributed by atoms with Gasteiger partial charge in [-0.3, -0.25) is 4.79 Å². The van der Waals surface area contributed by atoms with Crippen LogP contribution < -0.4 is 10.5 Å². The van der Waals surface area contributed by atoms with Crippen molar-refractivity contribution in [2.24, 2.45) is 0 Å². The number of nitrogens with zero attached hydrogens (tertiary/aromatic N) is 4. The molecular formula is C17H17N5O. The lowest BCUT2D eigenvalue weighted by Crippen LogP contribution is -2.27. The van der Waals surface area contributed by atoms with E-state index in [1.54, 1.807) is 12.3 Å². The Morgan fingerprint density at radius 2 is 2.09 bits per heavy atom. The first kappa shape index (κ1) is 13.9. The second-order valence-electron chi connectivity index (χ2n) is 5.78. The van der Waals surface area contributed by atoms with Crippen LogP contribution in [0.5, 0.6) is 0 Å². The van der Waals surface area contributed by atoms with E-state index in [4.69, 9.17) is 0 Å². The van der Waals surface area contributed by atoms with Gasteiger partial charge in [-0.05, 0) is 38.0 Å². The molecule has 1 atom stereocenters. The Morgan fingerprint density at radius 3 is 2.96 bits per heavy atom. The molecular weight excluding hydrogens is 290 g/mol. The predicted octanol–water partition coefficient (Wildman–Crippen LogP) is 2.36. The summed E-state index contributed by atoms with van der Waals surface area (Å²) in [5, 5.41) is 0.624. The molecule has 0 radical (unpaired) electrons. The number of aromatic amines is 1. The van der Waals surface area contributed by atoms with Crippen molar-refractivity contribution in [3.05, 3.63) is 58.5 Å². The highest BCUT2D eigenvalue weighted by Crippen LogP contribution is 2.33. The monoisotopic (exact) mass is 307 g/mol. The van der Waals surface area contributed by atoms with Gasteiger partial charge in [0.25, 0.3) is 5.56 Å². The predicted molar refractivity (Wildman–Crippen MR) is 88.5 cm³/mol. The van der Waals surface area contributed by atoms with E-state index in [9.17, 15) is 4.79 Å². The molecule has 2 aromatic heterocycles. The van der Waals surface area contributed by atoms with Crippen molar-refractivity contribution in [3.63, 3.8) is 0 Å². The van der Waals surface area contributed by atoms with E-state index < -0.39 is 0 Å². The van der Waals surface area contributed by atoms with Gasteiger partial charge in [-0.2, -0.15) is 0 Å². The first-order valence-electron chi connectivity index (χ1n) is 7.77. The summed E-state index contributed by atoms with van der Waals surface area (Å²) in [6.07, 6.45) is 3.76. The average molecular weight is 307 g/mol. The number of fused-ring (bicyclic) bond motifs is 1. The molecule has 1 unspecified atom stereocenters. The van der Waals surface area contributed by atoms with Crippen LogP contribution in [0, 0.1) is 6.92 Å². The molecule has 6 heteroatoms. The molecule has 0 saturated carbocycles. The minimum Gasteiger partial charge on any atom is -0.346 e. The highest BCUT2D eigenvalue weighted by molar-refractivity contribution is 5.77. The van der Waals surface area contributed by atoms with Crippen LogP contribution in [0.15, 0.2) is 41.3 Å². The molecule has 4 rings (SSSR count). The maximum atomic E-state index is 12.3. The van der Waals surface area contributed by atoms with Gasteiger partial charge in [0.2, 0.25) is 0 Å². The van der Waals surface area contributed by atoms with E-state index in [0.29, 0.717) is 11.2 Å². The molecule has 1 aromatic carbocycles. The molecule has 1 aliphatic rings. The topological polar surface area (TPSA) is 74.8 Å². The first-order chi connectivity index (χ1) is 11.2. The fourth-order valence-electron chi connectivity index (χ4n) is 3.19. The van der Waals surface area contributed by atoms with Crippen LogP contribution in [0.1, 0.15) is 30.5 Å². The minimum atomic E-state index is -0.0867. The standard InChI is InChI=1S/C17H17N5O/c1-11-18-9-8-15(19-11)22-10-4-7-14(22)16-20-13-6-3-2-5-12(13)17(23)21-16/h2-3,5-6,8-9,14H,4,7,10H2,1H3,(H,20,21,23). The molecule has 6 nitrogen and oxygen atoms in total. The summed E-state index contributed by atoms with van der Waals surface area (Å²) in [6, 6.07) is 9.38. The minimum absolute atomic E-state index is 0.0432. The Bertz CT molecular complexity index is 920. The zero-order valence-corrected chi connectivity index (χ0v) is 12.9. The van der Waals surface area contributed by atoms with Gasteiger partial charge in [-0.25, -0.2) is 15.0 Å². The number of anilines is 1. The Morgan fingerprint density at radius 1 is 1.22 bits per heavy atom. The molecule has 1 N–H and O–H groups in total. The summed E-state index contributed by atoms with van der Waals surface area (Å²) < 4.78 is 0. The lowest BCUT2D eigenvalue weighted by atomic mass is 10.2. The Kier molecular flexibility index (Phi) is 3.29. The number of para-hydroxylation sites is 1. The van der Waals surface area contributed by atoms with Crippen molar-refractivity contribution in [1.29, 1.82) is 0 Å². The van der Waals surface area contributed by atoms with Gasteiger partial charge < -0.3 is 9.88 Å². The third-order valence-corrected chi connectivity index (χ3v) is 4.26. The Balaban J connectivity index is 1.78. The smallest absolute Gasteiger partial charge is 0.258 e. The number of nitrogens with one attached hydrogen (secondary N) is 1. The summed E-state index contributed by atoms with van der Waals surface area (Å²) in [5.74, 6) is 2.34. The van der Waals surface area contributed by atoms with Crippen molar-refractivity contribution < 1.29 is 0 Å². The summed E-state index contributed by atoms with van der Waals surface area (Å²) in [6.45, 7) is 2.78. The van der Waals surface area contributed by atoms with Crippen molar-refractivity contribution in [1.82, 2.24) is 19.9 Å². The zero-order valence-electron chi connectivity index (χ0n) is 12.9. The number of aromatic nitrogens is 4. The number of H-pyrrole nitrogens is 1. The van der Waals surface area contributed by atoms with Crippen LogP contribution in [0.4, 0.5) is 5.82 Å². The molecule has 0 bridgehead atoms. The summed E-state index contributed by atoms with van der Waals surface area (Å²) in [5.41, 5.74) is 0.647. The van der Waals surface area contributed by atoms with Gasteiger partial charge >= 0.3 is 0 Å². The fourth-order valence-corrected chi connectivity index (χ4v) is 3.19. The SMILES string of the molecule is Cc1nccc(N2CCCC2c2nc3ccccc3c(=O)[nH]2)n1. The van der Waals surface area contributed by atoms with Crippen LogP contribution in [-0.4, -0.2) is 26.5 Å². The number of hydrogen-bond acceptors (Lipinski definition) is 5. The summed E-state index contributed by atoms with van der Waals surface area (Å²) in [4.78, 5) is 30.8. The Hall–Kier alpha value is -2.76. The van der Waals surface area contributed by atoms with Gasteiger partial charge in [0.1, 0.15) is 17.5 Å². The molecule has 1 aliphatic heterocycles. The maximum absolute atomic E-state index is 12.3. The second kappa shape index (κ2) is 5.46. The van der Waals surface area contributed by atoms with Gasteiger partial charge in [0.05, 0.1) is 16.9 Å². The second-order valence-corrected chi connectivity index (χ2v) is 5.78. The van der Waals surface area contributed by atoms with Gasteiger partial charge in [0, 0.05) is 12.7 Å². The van der Waals surface area contributed by atoms with E-state index in [2.05, 4.69) is 24.8 Å². The molecule has 3 aromatic rings. The summed E-state index contributed by atoms with van der Waals surface area (Å²) in [7, 11) is 0. The van der Waals surface area contributed by atoms with Crippen LogP contribution in [0.3, 0.4) is 0 Å². The van der Waals surface area contributed by atoms with Crippen LogP contribution in [0.25, 0.3) is 10.9 Å². The largest absolute Gasteiger partial charge is 0.346 e. The van der Waals surface area contributed by atoms with E-state index >= 15 is 0 Å². The van der Waals surface area contributed by atoms with Crippen LogP contribution in [-0.2, 0) is 0 Å². The van der Waals surface area contributed by atoms with Gasteiger partial charge in [0.15, 0.2) is 0 Å². The summed E-state index contributed by atoms with van der Waals surface area (Å²) >= 11 is 0.